The molecule has 224 valence electrons. The van der Waals surface area contributed by atoms with Crippen molar-refractivity contribution in [3.8, 4) is 12.3 Å². The molecule has 7 atom stereocenters. The lowest BCUT2D eigenvalue weighted by Gasteiger charge is -2.27. The van der Waals surface area contributed by atoms with E-state index in [2.05, 4.69) is 40.0 Å². The lowest BCUT2D eigenvalue weighted by Crippen LogP contribution is -2.52. The van der Waals surface area contributed by atoms with Crippen molar-refractivity contribution in [2.45, 2.75) is 108 Å². The molecule has 0 radical (unpaired) electrons. The fraction of sp³-hybridized carbons (Fsp3) is 0.704. The number of halogens is 1. The van der Waals surface area contributed by atoms with Crippen LogP contribution in [0.3, 0.4) is 0 Å². The summed E-state index contributed by atoms with van der Waals surface area (Å²) in [5.41, 5.74) is 3.42. The van der Waals surface area contributed by atoms with Crippen molar-refractivity contribution < 1.29 is 32.9 Å². The van der Waals surface area contributed by atoms with Gasteiger partial charge in [0.05, 0.1) is 12.4 Å². The number of carbonyl (C=O) groups excluding carboxylic acids is 1. The molecule has 1 saturated carbocycles. The van der Waals surface area contributed by atoms with E-state index in [1.54, 1.807) is 6.92 Å². The predicted octanol–water partition coefficient (Wildman–Crippen LogP) is 3.57. The minimum absolute atomic E-state index is 0.00834. The fourth-order valence-electron chi connectivity index (χ4n) is 5.00. The summed E-state index contributed by atoms with van der Waals surface area (Å²) in [6, 6.07) is 0. The van der Waals surface area contributed by atoms with E-state index in [-0.39, 0.29) is 35.5 Å². The molecule has 2 aromatic rings. The zero-order valence-electron chi connectivity index (χ0n) is 24.1. The van der Waals surface area contributed by atoms with Crippen LogP contribution >= 0.6 is 8.03 Å². The van der Waals surface area contributed by atoms with Crippen molar-refractivity contribution in [3.63, 3.8) is 0 Å². The smallest absolute Gasteiger partial charge is 0.461 e. The van der Waals surface area contributed by atoms with E-state index < -0.39 is 49.5 Å². The number of esters is 1. The van der Waals surface area contributed by atoms with Crippen molar-refractivity contribution in [2.24, 2.45) is 5.92 Å². The molecule has 3 heterocycles. The highest BCUT2D eigenvalue weighted by atomic mass is 31.1. The number of ether oxygens (including phenoxy) is 2. The van der Waals surface area contributed by atoms with Gasteiger partial charge in [-0.25, -0.2) is 4.98 Å². The van der Waals surface area contributed by atoms with Crippen molar-refractivity contribution in [1.82, 2.24) is 24.8 Å². The van der Waals surface area contributed by atoms with E-state index in [0.717, 1.165) is 12.8 Å². The molecule has 41 heavy (non-hydrogen) atoms. The zero-order chi connectivity index (χ0) is 30.2. The molecule has 4 rings (SSSR count). The summed E-state index contributed by atoms with van der Waals surface area (Å²) >= 11 is 0. The van der Waals surface area contributed by atoms with Crippen LogP contribution in [0.5, 0.6) is 0 Å². The quantitative estimate of drug-likeness (QED) is 0.135. The first-order valence-corrected chi connectivity index (χ1v) is 15.1. The van der Waals surface area contributed by atoms with Crippen molar-refractivity contribution >= 4 is 31.0 Å². The minimum Gasteiger partial charge on any atom is -0.461 e. The molecule has 2 aromatic heterocycles. The minimum atomic E-state index is -2.44. The Morgan fingerprint density at radius 3 is 2.76 bits per heavy atom. The molecule has 1 aliphatic heterocycles. The Kier molecular flexibility index (Phi) is 9.02. The van der Waals surface area contributed by atoms with E-state index in [1.165, 1.54) is 10.9 Å². The maximum absolute atomic E-state index is 13.8. The number of carbonyl (C=O) groups is 1. The van der Waals surface area contributed by atoms with Gasteiger partial charge in [0.25, 0.3) is 0 Å². The summed E-state index contributed by atoms with van der Waals surface area (Å²) < 4.78 is 46.3. The summed E-state index contributed by atoms with van der Waals surface area (Å²) in [6.07, 6.45) is 7.05. The Labute approximate surface area is 239 Å². The Bertz CT molecular complexity index is 1350. The molecule has 2 aliphatic rings. The third-order valence-electron chi connectivity index (χ3n) is 8.16. The van der Waals surface area contributed by atoms with E-state index >= 15 is 0 Å². The number of aliphatic hydroxyl groups is 1. The van der Waals surface area contributed by atoms with Gasteiger partial charge in [-0.3, -0.25) is 14.7 Å². The number of nitrogens with one attached hydrogen (secondary N) is 1. The maximum atomic E-state index is 13.8. The summed E-state index contributed by atoms with van der Waals surface area (Å²) in [7, 11) is -2.44. The van der Waals surface area contributed by atoms with Gasteiger partial charge in [0.1, 0.15) is 24.5 Å². The van der Waals surface area contributed by atoms with Crippen LogP contribution < -0.4 is 11.1 Å². The van der Waals surface area contributed by atoms with Crippen LogP contribution in [0.4, 0.5) is 10.2 Å². The van der Waals surface area contributed by atoms with Crippen LogP contribution in [0.25, 0.3) is 11.2 Å². The van der Waals surface area contributed by atoms with Gasteiger partial charge in [-0.2, -0.15) is 14.4 Å². The van der Waals surface area contributed by atoms with E-state index in [1.807, 2.05) is 13.8 Å². The summed E-state index contributed by atoms with van der Waals surface area (Å²) in [4.78, 5) is 24.4. The van der Waals surface area contributed by atoms with Crippen LogP contribution in [0, 0.1) is 24.3 Å². The zero-order valence-corrected chi connectivity index (χ0v) is 25.0. The maximum Gasteiger partial charge on any atom is 0.530 e. The second-order valence-electron chi connectivity index (χ2n) is 11.4. The number of aliphatic hydroxyl groups excluding tert-OH is 1. The van der Waals surface area contributed by atoms with Gasteiger partial charge in [-0.05, 0) is 36.7 Å². The predicted molar refractivity (Wildman–Crippen MR) is 149 cm³/mol. The highest BCUT2D eigenvalue weighted by molar-refractivity contribution is 7.41. The van der Waals surface area contributed by atoms with Crippen molar-refractivity contribution in [1.29, 1.82) is 0 Å². The Morgan fingerprint density at radius 2 is 2.15 bits per heavy atom. The first kappa shape index (κ1) is 31.2. The van der Waals surface area contributed by atoms with E-state index in [9.17, 15) is 18.9 Å². The van der Waals surface area contributed by atoms with E-state index in [4.69, 9.17) is 26.2 Å². The van der Waals surface area contributed by atoms with Gasteiger partial charge in [-0.1, -0.05) is 33.1 Å². The average Bonchev–Trinajstić information content (AvgIpc) is 3.46. The standard InChI is InChI=1S/C27H39FN6O6P/c1-7-16(4)12-17(5)39-23(36)26(10-11-26)33-25(6,8-2)41(37)38-14-27(9-3)18(35)13-19(40-27)34-15-30-20-21(29)31-24(28)32-22(20)34/h3,15-19,33,35H,7-8,10-14H2,1-2,4-6H3,(H2,29,31,32)/q+1/t16?,17?,18-,19+,25?,27+/m0/s1. The molecule has 0 aromatic carbocycles. The molecule has 2 fully saturated rings. The molecular formula is C27H39FN6O6P+. The number of terminal acetylenes is 1. The van der Waals surface area contributed by atoms with Gasteiger partial charge in [0.2, 0.25) is 5.28 Å². The topological polar surface area (TPSA) is 164 Å². The lowest BCUT2D eigenvalue weighted by molar-refractivity contribution is -0.153. The Hall–Kier alpha value is -2.75. The van der Waals surface area contributed by atoms with Crippen LogP contribution in [0.15, 0.2) is 6.33 Å². The van der Waals surface area contributed by atoms with Crippen LogP contribution in [0.2, 0.25) is 0 Å². The number of nitrogens with zero attached hydrogens (tertiary/aromatic N) is 4. The molecule has 14 heteroatoms. The molecule has 1 saturated heterocycles. The summed E-state index contributed by atoms with van der Waals surface area (Å²) in [5, 5.41) is 13.1. The number of anilines is 1. The molecule has 12 nitrogen and oxygen atoms in total. The summed E-state index contributed by atoms with van der Waals surface area (Å²) in [6.45, 7) is 9.25. The molecule has 1 aliphatic carbocycles. The fourth-order valence-corrected chi connectivity index (χ4v) is 6.16. The highest BCUT2D eigenvalue weighted by Crippen LogP contribution is 2.49. The number of nitrogen functional groups attached to an aromatic ring is 1. The molecule has 0 amide bonds. The third-order valence-corrected chi connectivity index (χ3v) is 9.76. The van der Waals surface area contributed by atoms with Gasteiger partial charge in [0, 0.05) is 19.8 Å². The van der Waals surface area contributed by atoms with E-state index in [0.29, 0.717) is 25.2 Å². The number of aromatic nitrogens is 4. The average molecular weight is 594 g/mol. The molecule has 0 spiro atoms. The molecular weight excluding hydrogens is 554 g/mol. The van der Waals surface area contributed by atoms with Gasteiger partial charge >= 0.3 is 20.1 Å². The largest absolute Gasteiger partial charge is 0.530 e. The number of nitrogens with two attached hydrogens (primary N) is 1. The third kappa shape index (κ3) is 6.22. The second-order valence-corrected chi connectivity index (χ2v) is 13.1. The summed E-state index contributed by atoms with van der Waals surface area (Å²) in [5.74, 6) is 2.39. The number of hydrogen-bond donors (Lipinski definition) is 3. The highest BCUT2D eigenvalue weighted by Gasteiger charge is 2.61. The number of rotatable bonds is 13. The van der Waals surface area contributed by atoms with Crippen molar-refractivity contribution in [2.75, 3.05) is 12.3 Å². The first-order chi connectivity index (χ1) is 19.3. The first-order valence-electron chi connectivity index (χ1n) is 13.9. The Balaban J connectivity index is 1.43. The van der Waals surface area contributed by atoms with Crippen LogP contribution in [-0.4, -0.2) is 65.8 Å². The van der Waals surface area contributed by atoms with Crippen LogP contribution in [-0.2, 0) is 23.4 Å². The monoisotopic (exact) mass is 593 g/mol. The number of imidazole rings is 1. The SMILES string of the molecule is C#C[C@]1(CO[P+](=O)C(C)(CC)NC2(C(=O)OC(C)CC(C)CC)CC2)O[C@@H](n2cnc3c(N)nc(F)nc32)C[C@@H]1O. The molecule has 0 bridgehead atoms. The van der Waals surface area contributed by atoms with Gasteiger partial charge in [-0.15, -0.1) is 10.9 Å². The number of fused-ring (bicyclic) bond motifs is 1. The van der Waals surface area contributed by atoms with Crippen LogP contribution in [0.1, 0.15) is 79.4 Å². The molecule has 4 N–H and O–H groups in total. The lowest BCUT2D eigenvalue weighted by atomic mass is 9.99. The van der Waals surface area contributed by atoms with Gasteiger partial charge in [0.15, 0.2) is 22.6 Å². The normalized spacial score (nSPS) is 26.6. The van der Waals surface area contributed by atoms with Gasteiger partial charge < -0.3 is 20.3 Å². The molecule has 4 unspecified atom stereocenters. The number of hydrogen-bond acceptors (Lipinski definition) is 11. The van der Waals surface area contributed by atoms with Crippen molar-refractivity contribution in [3.05, 3.63) is 12.4 Å². The Morgan fingerprint density at radius 1 is 1.44 bits per heavy atom. The second kappa shape index (κ2) is 11.9.